The first-order valence-electron chi connectivity index (χ1n) is 1.90. The van der Waals surface area contributed by atoms with Gasteiger partial charge in [-0.1, -0.05) is 0 Å². The quantitative estimate of drug-likeness (QED) is 0.545. The third kappa shape index (κ3) is 1.93. The summed E-state index contributed by atoms with van der Waals surface area (Å²) in [4.78, 5) is 10.1. The molecular weight excluding hydrogens is 175 g/mol. The Morgan fingerprint density at radius 3 is 2.00 bits per heavy atom. The fourth-order valence-corrected chi connectivity index (χ4v) is 0.281. The molecule has 0 saturated carbocycles. The van der Waals surface area contributed by atoms with Gasteiger partial charge in [0.05, 0.1) is 0 Å². The van der Waals surface area contributed by atoms with Crippen LogP contribution in [0.15, 0.2) is 20.7 Å². The molecule has 0 saturated heterocycles. The average molecular weight is 178 g/mol. The van der Waals surface area contributed by atoms with Crippen molar-refractivity contribution >= 4 is 5.91 Å². The molecule has 0 fully saturated rings. The Hall–Kier alpha value is -0.707. The molecule has 0 bridgehead atoms. The second-order valence-electron chi connectivity index (χ2n) is 1.19. The molecule has 1 amide bonds. The molecule has 9 heavy (non-hydrogen) atoms. The van der Waals surface area contributed by atoms with Crippen molar-refractivity contribution in [1.82, 2.24) is 0 Å². The maximum Gasteiger partial charge on any atom is 0.268 e. The third-order valence-electron chi connectivity index (χ3n) is 0.617. The molecule has 0 atom stereocenters. The van der Waals surface area contributed by atoms with Gasteiger partial charge >= 0.3 is 0 Å². The summed E-state index contributed by atoms with van der Waals surface area (Å²) in [5.41, 5.74) is 4.75. The van der Waals surface area contributed by atoms with Gasteiger partial charge in [-0.3, -0.25) is 4.79 Å². The number of carbonyl (C=O) groups is 1. The van der Waals surface area contributed by atoms with E-state index in [1.54, 1.807) is 0 Å². The minimum atomic E-state index is -0.880. The summed E-state index contributed by atoms with van der Waals surface area (Å²) >= 11 is 0. The fraction of sp³-hybridized carbons (Fsp3) is 0.500. The number of hydrogen-bond donors (Lipinski definition) is 1. The number of hydrogen-bond acceptors (Lipinski definition) is 5. The smallest absolute Gasteiger partial charge is 0.268 e. The first-order chi connectivity index (χ1) is 3.80. The van der Waals surface area contributed by atoms with Crippen LogP contribution in [0.4, 0.5) is 0 Å². The van der Waals surface area contributed by atoms with Crippen LogP contribution in [0, 0.1) is 0 Å². The molecule has 2 N–H and O–H groups in total. The van der Waals surface area contributed by atoms with Gasteiger partial charge in [0.1, 0.15) is 0 Å². The van der Waals surface area contributed by atoms with Crippen molar-refractivity contribution in [3.63, 3.8) is 0 Å². The summed E-state index contributed by atoms with van der Waals surface area (Å²) in [7, 11) is 0. The second-order valence-corrected chi connectivity index (χ2v) is 1.19. The van der Waals surface area contributed by atoms with Crippen molar-refractivity contribution in [2.45, 2.75) is 6.17 Å². The van der Waals surface area contributed by atoms with Crippen LogP contribution >= 0.6 is 0 Å². The molecule has 7 heteroatoms. The van der Waals surface area contributed by atoms with Gasteiger partial charge in [0.15, 0.2) is 0 Å². The van der Waals surface area contributed by atoms with Crippen LogP contribution in [0.5, 0.6) is 0 Å². The maximum absolute atomic E-state index is 10.1. The minimum Gasteiger partial charge on any atom is -0.366 e. The number of nitrogens with zero attached hydrogens (tertiary/aromatic N) is 4. The van der Waals surface area contributed by atoms with Crippen molar-refractivity contribution in [3.8, 4) is 0 Å². The zero-order valence-corrected chi connectivity index (χ0v) is 7.53. The van der Waals surface area contributed by atoms with Gasteiger partial charge in [0.2, 0.25) is 0 Å². The fourth-order valence-electron chi connectivity index (χ4n) is 0.281. The summed E-state index contributed by atoms with van der Waals surface area (Å²) in [5.74, 6) is -0.630. The zero-order valence-electron chi connectivity index (χ0n) is 4.56. The molecule has 6 nitrogen and oxygen atoms in total. The van der Waals surface area contributed by atoms with Crippen molar-refractivity contribution in [3.05, 3.63) is 0 Å². The molecule has 1 rings (SSSR count). The third-order valence-corrected chi connectivity index (χ3v) is 0.617. The Morgan fingerprint density at radius 1 is 1.33 bits per heavy atom. The summed E-state index contributed by atoms with van der Waals surface area (Å²) < 4.78 is 0. The van der Waals surface area contributed by atoms with Crippen molar-refractivity contribution in [2.75, 3.05) is 0 Å². The van der Waals surface area contributed by atoms with Gasteiger partial charge in [0, 0.05) is 19.5 Å². The van der Waals surface area contributed by atoms with Crippen molar-refractivity contribution in [2.24, 2.45) is 26.4 Å². The van der Waals surface area contributed by atoms with Gasteiger partial charge in [-0.2, -0.15) is 0 Å². The summed E-state index contributed by atoms with van der Waals surface area (Å²) in [6.07, 6.45) is -0.880. The van der Waals surface area contributed by atoms with E-state index >= 15 is 0 Å². The van der Waals surface area contributed by atoms with Crippen LogP contribution in [0.25, 0.3) is 0 Å². The number of primary amides is 1. The molecule has 0 aromatic rings. The van der Waals surface area contributed by atoms with Gasteiger partial charge < -0.3 is 5.73 Å². The largest absolute Gasteiger partial charge is 0.366 e. The van der Waals surface area contributed by atoms with Crippen LogP contribution in [0.1, 0.15) is 0 Å². The average Bonchev–Trinajstić information content (AvgIpc) is 2.12. The van der Waals surface area contributed by atoms with Crippen LogP contribution < -0.4 is 5.73 Å². The van der Waals surface area contributed by atoms with Crippen LogP contribution in [0.2, 0.25) is 0 Å². The molecule has 0 aromatic heterocycles. The Labute approximate surface area is 63.3 Å². The van der Waals surface area contributed by atoms with E-state index in [4.69, 9.17) is 5.73 Å². The van der Waals surface area contributed by atoms with Crippen LogP contribution in [-0.2, 0) is 24.3 Å². The van der Waals surface area contributed by atoms with E-state index in [9.17, 15) is 4.79 Å². The van der Waals surface area contributed by atoms with Crippen molar-refractivity contribution in [1.29, 1.82) is 0 Å². The van der Waals surface area contributed by atoms with E-state index in [0.29, 0.717) is 0 Å². The first kappa shape index (κ1) is 8.29. The van der Waals surface area contributed by atoms with Crippen molar-refractivity contribution < 1.29 is 24.3 Å². The monoisotopic (exact) mass is 177 g/mol. The molecule has 1 aliphatic rings. The van der Waals surface area contributed by atoms with Crippen LogP contribution in [-0.4, -0.2) is 12.1 Å². The molecular formula is C2H3N5OZn. The number of amides is 1. The second kappa shape index (κ2) is 3.34. The molecule has 0 radical (unpaired) electrons. The first-order valence-corrected chi connectivity index (χ1v) is 1.90. The van der Waals surface area contributed by atoms with Gasteiger partial charge in [-0.15, -0.1) is 10.2 Å². The maximum atomic E-state index is 10.1. The summed E-state index contributed by atoms with van der Waals surface area (Å²) in [6.45, 7) is 0. The SMILES string of the molecule is NC(=O)C1N=NN=N1.[Zn]. The van der Waals surface area contributed by atoms with Gasteiger partial charge in [-0.25, -0.2) is 0 Å². The molecule has 1 heterocycles. The molecule has 44 valence electrons. The van der Waals surface area contributed by atoms with E-state index in [0.717, 1.165) is 0 Å². The summed E-state index contributed by atoms with van der Waals surface area (Å²) in [6, 6.07) is 0. The normalized spacial score (nSPS) is 15.6. The van der Waals surface area contributed by atoms with Gasteiger partial charge in [-0.05, 0) is 10.4 Å². The number of nitrogens with two attached hydrogens (primary N) is 1. The molecule has 0 aromatic carbocycles. The molecule has 0 unspecified atom stereocenters. The topological polar surface area (TPSA) is 92.5 Å². The standard InChI is InChI=1S/C2H3N5O.Zn/c3-1(8)2-4-6-7-5-2;/h2H,(H2,3,8);. The van der Waals surface area contributed by atoms with E-state index in [-0.39, 0.29) is 19.5 Å². The molecule has 1 aliphatic heterocycles. The van der Waals surface area contributed by atoms with Gasteiger partial charge in [0.25, 0.3) is 12.1 Å². The summed E-state index contributed by atoms with van der Waals surface area (Å²) in [5, 5.41) is 12.6. The predicted octanol–water partition coefficient (Wildman–Crippen LogP) is -0.372. The Morgan fingerprint density at radius 2 is 1.78 bits per heavy atom. The van der Waals surface area contributed by atoms with Crippen LogP contribution in [0.3, 0.4) is 0 Å². The Bertz CT molecular complexity index is 152. The molecule has 0 aliphatic carbocycles. The molecule has 0 spiro atoms. The minimum absolute atomic E-state index is 0. The van der Waals surface area contributed by atoms with E-state index in [2.05, 4.69) is 20.7 Å². The number of rotatable bonds is 1. The Balaban J connectivity index is 0.000000640. The van der Waals surface area contributed by atoms with E-state index < -0.39 is 12.1 Å². The number of carbonyl (C=O) groups excluding carboxylic acids is 1. The Kier molecular flexibility index (Phi) is 3.08. The van der Waals surface area contributed by atoms with E-state index in [1.807, 2.05) is 0 Å². The van der Waals surface area contributed by atoms with E-state index in [1.165, 1.54) is 0 Å². The zero-order chi connectivity index (χ0) is 5.98. The predicted molar refractivity (Wildman–Crippen MR) is 22.7 cm³/mol.